The average Bonchev–Trinajstić information content (AvgIpc) is 2.06. The van der Waals surface area contributed by atoms with E-state index in [0.717, 1.165) is 56.0 Å². The van der Waals surface area contributed by atoms with Crippen LogP contribution in [0.4, 0.5) is 32.1 Å². The maximum atomic E-state index is 14.0. The molecule has 8 aromatic heterocycles. The quantitative estimate of drug-likeness (QED) is 0.0719. The van der Waals surface area contributed by atoms with Crippen LogP contribution in [-0.2, 0) is 20.0 Å². The van der Waals surface area contributed by atoms with Crippen LogP contribution in [0.5, 0.6) is 0 Å². The number of aromatic nitrogens is 8. The lowest BCUT2D eigenvalue weighted by molar-refractivity contribution is 0.0972. The summed E-state index contributed by atoms with van der Waals surface area (Å²) in [6.07, 6.45) is 8.43. The largest absolute Gasteiger partial charge is 0.508 e. The van der Waals surface area contributed by atoms with Crippen LogP contribution >= 0.6 is 15.9 Å². The minimum absolute atomic E-state index is 0.0833. The molecule has 12 rings (SSSR count). The molecule has 4 aliphatic rings. The summed E-state index contributed by atoms with van der Waals surface area (Å²) in [5, 5.41) is 23.1. The third-order valence-electron chi connectivity index (χ3n) is 15.5. The number of sulfonamides is 2. The first-order chi connectivity index (χ1) is 41.9. The van der Waals surface area contributed by atoms with Crippen LogP contribution in [0.1, 0.15) is 110 Å². The predicted molar refractivity (Wildman–Crippen MR) is 330 cm³/mol. The third kappa shape index (κ3) is 14.8. The molecule has 0 saturated carbocycles. The number of rotatable bonds is 4. The summed E-state index contributed by atoms with van der Waals surface area (Å²) < 4.78 is 84.1. The molecule has 8 aromatic rings. The van der Waals surface area contributed by atoms with Crippen LogP contribution < -0.4 is 35.5 Å². The van der Waals surface area contributed by atoms with Crippen molar-refractivity contribution in [1.29, 1.82) is 0 Å². The summed E-state index contributed by atoms with van der Waals surface area (Å²) >= 11 is 3.41. The van der Waals surface area contributed by atoms with Gasteiger partial charge in [-0.15, -0.1) is 0 Å². The van der Waals surface area contributed by atoms with Gasteiger partial charge in [0.2, 0.25) is 11.9 Å². The van der Waals surface area contributed by atoms with Gasteiger partial charge in [-0.25, -0.2) is 39.3 Å². The van der Waals surface area contributed by atoms with Gasteiger partial charge in [-0.1, -0.05) is 36.4 Å². The van der Waals surface area contributed by atoms with Crippen molar-refractivity contribution in [3.8, 4) is 11.4 Å². The number of hydrogen-bond donors (Lipinski definition) is 6. The van der Waals surface area contributed by atoms with Gasteiger partial charge in [-0.2, -0.15) is 25.6 Å². The van der Waals surface area contributed by atoms with Crippen molar-refractivity contribution in [2.45, 2.75) is 99.4 Å². The Kier molecular flexibility index (Phi) is 18.6. The highest BCUT2D eigenvalue weighted by atomic mass is 79.9. The molecule has 456 valence electrons. The highest BCUT2D eigenvalue weighted by molar-refractivity contribution is 9.10. The topological polar surface area (TPSA) is 301 Å². The zero-order chi connectivity index (χ0) is 62.5. The molecule has 2 fully saturated rings. The molecular formula is C60H62BBrF2N14O8S2. The van der Waals surface area contributed by atoms with E-state index in [9.17, 15) is 35.2 Å². The van der Waals surface area contributed by atoms with Crippen LogP contribution in [0.2, 0.25) is 0 Å². The number of pyridine rings is 8. The fourth-order valence-corrected chi connectivity index (χ4v) is 13.6. The predicted octanol–water partition coefficient (Wildman–Crippen LogP) is 7.95. The molecule has 28 heteroatoms. The van der Waals surface area contributed by atoms with Gasteiger partial charge in [0, 0.05) is 36.6 Å². The number of amides is 2. The molecule has 88 heavy (non-hydrogen) atoms. The number of nitrogens with one attached hydrogen (secondary N) is 4. The van der Waals surface area contributed by atoms with Crippen molar-refractivity contribution in [1.82, 2.24) is 49.3 Å². The summed E-state index contributed by atoms with van der Waals surface area (Å²) in [5.41, 5.74) is 1.87. The van der Waals surface area contributed by atoms with E-state index in [1.807, 2.05) is 41.3 Å². The lowest BCUT2D eigenvalue weighted by Crippen LogP contribution is -2.41. The summed E-state index contributed by atoms with van der Waals surface area (Å²) in [5.74, 6) is -0.827. The van der Waals surface area contributed by atoms with Crippen LogP contribution in [0, 0.1) is 23.7 Å². The Balaban J connectivity index is 0.000000169. The van der Waals surface area contributed by atoms with Crippen molar-refractivity contribution >= 4 is 83.8 Å². The fraction of sp³-hybridized carbons (Fsp3) is 0.300. The van der Waals surface area contributed by atoms with Gasteiger partial charge in [0.15, 0.2) is 10.1 Å². The molecule has 2 saturated heterocycles. The molecule has 2 amide bonds. The van der Waals surface area contributed by atoms with E-state index >= 15 is 0 Å². The normalized spacial score (nSPS) is 20.6. The van der Waals surface area contributed by atoms with Crippen molar-refractivity contribution < 1.29 is 45.3 Å². The minimum atomic E-state index is -4.34. The second kappa shape index (κ2) is 26.1. The Morgan fingerprint density at radius 2 is 1.00 bits per heavy atom. The number of anilines is 4. The van der Waals surface area contributed by atoms with E-state index in [0.29, 0.717) is 58.3 Å². The number of fused-ring (bicyclic) bond motifs is 12. The number of halogens is 3. The van der Waals surface area contributed by atoms with E-state index < -0.39 is 56.4 Å². The molecule has 0 aliphatic carbocycles. The molecular weight excluding hydrogens is 1240 g/mol. The van der Waals surface area contributed by atoms with Crippen molar-refractivity contribution in [3.05, 3.63) is 185 Å². The first-order valence-corrected chi connectivity index (χ1v) is 31.9. The molecule has 12 heterocycles. The van der Waals surface area contributed by atoms with Crippen molar-refractivity contribution in [3.63, 3.8) is 0 Å². The lowest BCUT2D eigenvalue weighted by atomic mass is 9.86. The standard InChI is InChI=1S/C30H30FN7O3S.C25H27BrN6O3S.C5H5BFNO2/c1-30(2)17-19-12-14-23(21-7-3-4-16-32-21)34-26-10-6-11-27(36-26)42(40,41)37-29(39)20-13-15-24(35-28(20)38(30)18-19)22-8-5-9-25(31)33-22;1-25(2)14-16-9-11-19(18-6-3-4-13-27-18)28-21-7-5-8-22(30-21)36(34,35)31-24(33)17-10-12-20(26)29-23(17)32(25)15-16;7-5-3-1-2-4(8-5)6(9)10/h3-11,13,15-16,19,23H,12,14,17-18H2,1-2H3,(H,34,36)(H,37,39);3-8,10,12-13,16,19H,9,11,14-15H2,1-2H3,(H,28,30)(H,31,33);1-3,9-10H/t19-,23+;16-,19+;/m00./s1. The zero-order valence-corrected chi connectivity index (χ0v) is 51.4. The molecule has 0 spiro atoms. The molecule has 6 N–H and O–H groups in total. The fourth-order valence-electron chi connectivity index (χ4n) is 11.5. The van der Waals surface area contributed by atoms with E-state index in [1.54, 1.807) is 60.9 Å². The molecule has 0 radical (unpaired) electrons. The highest BCUT2D eigenvalue weighted by Crippen LogP contribution is 2.43. The maximum Gasteiger partial charge on any atom is 0.508 e. The third-order valence-corrected chi connectivity index (χ3v) is 18.4. The van der Waals surface area contributed by atoms with Crippen LogP contribution in [-0.4, -0.2) is 110 Å². The molecule has 4 atom stereocenters. The first-order valence-electron chi connectivity index (χ1n) is 28.2. The van der Waals surface area contributed by atoms with Crippen LogP contribution in [0.25, 0.3) is 11.4 Å². The summed E-state index contributed by atoms with van der Waals surface area (Å²) in [6, 6.07) is 34.9. The van der Waals surface area contributed by atoms with E-state index in [-0.39, 0.29) is 50.3 Å². The number of carbonyl (C=O) groups excluding carboxylic acids is 2. The maximum absolute atomic E-state index is 14.0. The highest BCUT2D eigenvalue weighted by Gasteiger charge is 2.43. The number of nitrogens with zero attached hydrogens (tertiary/aromatic N) is 10. The molecule has 22 nitrogen and oxygen atoms in total. The summed E-state index contributed by atoms with van der Waals surface area (Å²) in [7, 11) is -10.3. The minimum Gasteiger partial charge on any atom is -0.422 e. The molecule has 0 aromatic carbocycles. The smallest absolute Gasteiger partial charge is 0.422 e. The van der Waals surface area contributed by atoms with E-state index in [2.05, 4.69) is 103 Å². The van der Waals surface area contributed by atoms with E-state index in [1.165, 1.54) is 42.5 Å². The van der Waals surface area contributed by atoms with Gasteiger partial charge in [0.25, 0.3) is 31.9 Å². The second-order valence-corrected chi connectivity index (χ2v) is 26.9. The number of hydrogen-bond acceptors (Lipinski definition) is 20. The van der Waals surface area contributed by atoms with E-state index in [4.69, 9.17) is 15.0 Å². The van der Waals surface area contributed by atoms with Crippen LogP contribution in [0.15, 0.2) is 161 Å². The molecule has 4 aliphatic heterocycles. The van der Waals surface area contributed by atoms with Crippen molar-refractivity contribution in [2.24, 2.45) is 11.8 Å². The molecule has 8 bridgehead atoms. The van der Waals surface area contributed by atoms with Gasteiger partial charge < -0.3 is 30.5 Å². The first kappa shape index (κ1) is 62.6. The Morgan fingerprint density at radius 3 is 1.47 bits per heavy atom. The zero-order valence-electron chi connectivity index (χ0n) is 48.2. The Labute approximate surface area is 516 Å². The monoisotopic (exact) mass is 1300 g/mol. The number of carbonyl (C=O) groups is 2. The van der Waals surface area contributed by atoms with Gasteiger partial charge >= 0.3 is 7.12 Å². The van der Waals surface area contributed by atoms with Gasteiger partial charge in [0.1, 0.15) is 27.9 Å². The summed E-state index contributed by atoms with van der Waals surface area (Å²) in [6.45, 7) is 9.69. The Hall–Kier alpha value is -8.44. The van der Waals surface area contributed by atoms with Gasteiger partial charge in [0.05, 0.1) is 51.6 Å². The van der Waals surface area contributed by atoms with Gasteiger partial charge in [-0.3, -0.25) is 19.6 Å². The average molecular weight is 1300 g/mol. The lowest BCUT2D eigenvalue weighted by Gasteiger charge is -2.34. The van der Waals surface area contributed by atoms with Gasteiger partial charge in [-0.05, 0) is 191 Å². The van der Waals surface area contributed by atoms with Crippen molar-refractivity contribution in [2.75, 3.05) is 33.5 Å². The SMILES string of the molecule is CC1(C)C[C@@H]2CC[C@H](c3ccccn3)Nc3cccc(n3)S(=O)(=O)NC(=O)c3ccc(-c4cccc(F)n4)nc3N1C2.CC1(C)C[C@@H]2CC[C@H](c3ccccn3)Nc3cccc(n3)S(=O)(=O)NC(=O)c3ccc(Br)nc3N1C2.OB(O)c1cccc(F)n1. The Bertz CT molecular complexity index is 4100. The van der Waals surface area contributed by atoms with Crippen LogP contribution in [0.3, 0.4) is 0 Å². The Morgan fingerprint density at radius 1 is 0.534 bits per heavy atom. The summed E-state index contributed by atoms with van der Waals surface area (Å²) in [4.78, 5) is 65.3. The molecule has 0 unspecified atom stereocenters. The second-order valence-electron chi connectivity index (χ2n) is 22.8.